The van der Waals surface area contributed by atoms with E-state index in [0.717, 1.165) is 25.3 Å². The molecule has 1 amide bonds. The van der Waals surface area contributed by atoms with E-state index in [4.69, 9.17) is 4.74 Å². The second kappa shape index (κ2) is 9.87. The van der Waals surface area contributed by atoms with Crippen molar-refractivity contribution in [3.8, 4) is 0 Å². The molecule has 1 aromatic rings. The van der Waals surface area contributed by atoms with Crippen molar-refractivity contribution in [3.05, 3.63) is 45.5 Å². The average Bonchev–Trinajstić information content (AvgIpc) is 2.67. The second-order valence-electron chi connectivity index (χ2n) is 7.05. The number of ether oxygens (including phenoxy) is 1. The van der Waals surface area contributed by atoms with E-state index in [9.17, 15) is 19.7 Å². The largest absolute Gasteiger partial charge is 0.449 e. The van der Waals surface area contributed by atoms with Gasteiger partial charge in [-0.15, -0.1) is 0 Å². The van der Waals surface area contributed by atoms with Crippen LogP contribution in [0.2, 0.25) is 0 Å². The van der Waals surface area contributed by atoms with Gasteiger partial charge in [-0.3, -0.25) is 14.9 Å². The van der Waals surface area contributed by atoms with Crippen molar-refractivity contribution >= 4 is 23.3 Å². The molecule has 8 heteroatoms. The molecule has 0 aromatic heterocycles. The Kier molecular flexibility index (Phi) is 7.54. The average molecular weight is 389 g/mol. The molecule has 0 saturated carbocycles. The number of hydrogen-bond donors (Lipinski definition) is 1. The van der Waals surface area contributed by atoms with E-state index >= 15 is 0 Å². The fourth-order valence-electron chi connectivity index (χ4n) is 3.08. The van der Waals surface area contributed by atoms with E-state index in [1.807, 2.05) is 0 Å². The number of benzene rings is 1. The molecular formula is C20H27N3O5. The summed E-state index contributed by atoms with van der Waals surface area (Å²) < 4.78 is 5.17. The quantitative estimate of drug-likeness (QED) is 0.317. The molecular weight excluding hydrogens is 362 g/mol. The molecule has 0 heterocycles. The van der Waals surface area contributed by atoms with E-state index in [-0.39, 0.29) is 17.2 Å². The minimum atomic E-state index is -0.986. The summed E-state index contributed by atoms with van der Waals surface area (Å²) in [5.41, 5.74) is 1.57. The maximum Gasteiger partial charge on any atom is 0.339 e. The van der Waals surface area contributed by atoms with Crippen LogP contribution in [0, 0.1) is 10.1 Å². The van der Waals surface area contributed by atoms with E-state index in [1.54, 1.807) is 19.0 Å². The molecule has 0 unspecified atom stereocenters. The first kappa shape index (κ1) is 21.4. The van der Waals surface area contributed by atoms with Gasteiger partial charge in [0.1, 0.15) is 5.69 Å². The highest BCUT2D eigenvalue weighted by atomic mass is 16.6. The lowest BCUT2D eigenvalue weighted by molar-refractivity contribution is -0.384. The third-order valence-corrected chi connectivity index (χ3v) is 4.67. The van der Waals surface area contributed by atoms with Gasteiger partial charge in [0.05, 0.1) is 10.5 Å². The molecule has 2 rings (SSSR count). The first-order valence-electron chi connectivity index (χ1n) is 9.42. The van der Waals surface area contributed by atoms with Gasteiger partial charge in [0.2, 0.25) is 0 Å². The van der Waals surface area contributed by atoms with Crippen LogP contribution < -0.4 is 10.2 Å². The van der Waals surface area contributed by atoms with Crippen molar-refractivity contribution in [2.75, 3.05) is 25.5 Å². The van der Waals surface area contributed by atoms with Crippen molar-refractivity contribution in [1.29, 1.82) is 0 Å². The summed E-state index contributed by atoms with van der Waals surface area (Å²) in [7, 11) is 3.35. The van der Waals surface area contributed by atoms with Crippen LogP contribution >= 0.6 is 0 Å². The van der Waals surface area contributed by atoms with Crippen LogP contribution in [0.25, 0.3) is 0 Å². The van der Waals surface area contributed by atoms with E-state index in [0.29, 0.717) is 12.2 Å². The van der Waals surface area contributed by atoms with Crippen molar-refractivity contribution < 1.29 is 19.2 Å². The molecule has 1 aliphatic rings. The Balaban J connectivity index is 1.92. The Bertz CT molecular complexity index is 773. The number of anilines is 1. The number of nitro benzene ring substituents is 1. The monoisotopic (exact) mass is 389 g/mol. The van der Waals surface area contributed by atoms with Gasteiger partial charge in [-0.05, 0) is 51.2 Å². The standard InChI is InChI=1S/C20H27N3O5/c1-14(19(24)21-12-11-15-7-5-4-6-8-15)28-20(25)16-9-10-17(22(2)3)18(13-16)23(26)27/h7,9-10,13-14H,4-6,8,11-12H2,1-3H3,(H,21,24)/t14-/m0/s1. The molecule has 152 valence electrons. The highest BCUT2D eigenvalue weighted by Crippen LogP contribution is 2.28. The van der Waals surface area contributed by atoms with Gasteiger partial charge in [0.15, 0.2) is 6.10 Å². The maximum atomic E-state index is 12.3. The SMILES string of the molecule is C[C@H](OC(=O)c1ccc(N(C)C)c([N+](=O)[O-])c1)C(=O)NCCC1=CCCCC1. The fourth-order valence-corrected chi connectivity index (χ4v) is 3.08. The van der Waals surface area contributed by atoms with Gasteiger partial charge in [-0.1, -0.05) is 11.6 Å². The van der Waals surface area contributed by atoms with Crippen molar-refractivity contribution in [2.24, 2.45) is 0 Å². The molecule has 0 radical (unpaired) electrons. The summed E-state index contributed by atoms with van der Waals surface area (Å²) in [6, 6.07) is 4.10. The van der Waals surface area contributed by atoms with E-state index in [2.05, 4.69) is 11.4 Å². The summed E-state index contributed by atoms with van der Waals surface area (Å²) >= 11 is 0. The fraction of sp³-hybridized carbons (Fsp3) is 0.500. The van der Waals surface area contributed by atoms with Gasteiger partial charge in [0, 0.05) is 26.7 Å². The molecule has 1 N–H and O–H groups in total. The first-order valence-corrected chi connectivity index (χ1v) is 9.42. The summed E-state index contributed by atoms with van der Waals surface area (Å²) in [4.78, 5) is 36.7. The molecule has 28 heavy (non-hydrogen) atoms. The molecule has 1 aromatic carbocycles. The number of carbonyl (C=O) groups is 2. The molecule has 0 bridgehead atoms. The normalized spacial score (nSPS) is 14.6. The highest BCUT2D eigenvalue weighted by molar-refractivity contribution is 5.93. The zero-order chi connectivity index (χ0) is 20.7. The van der Waals surface area contributed by atoms with Crippen molar-refractivity contribution in [3.63, 3.8) is 0 Å². The van der Waals surface area contributed by atoms with E-state index in [1.165, 1.54) is 37.5 Å². The number of amides is 1. The van der Waals surface area contributed by atoms with Gasteiger partial charge in [0.25, 0.3) is 11.6 Å². The van der Waals surface area contributed by atoms with Crippen LogP contribution in [-0.4, -0.2) is 43.5 Å². The summed E-state index contributed by atoms with van der Waals surface area (Å²) in [6.45, 7) is 1.98. The number of allylic oxidation sites excluding steroid dienone is 1. The van der Waals surface area contributed by atoms with Crippen LogP contribution in [-0.2, 0) is 9.53 Å². The molecule has 0 fully saturated rings. The van der Waals surface area contributed by atoms with Crippen molar-refractivity contribution in [2.45, 2.75) is 45.1 Å². The Labute approximate surface area is 164 Å². The lowest BCUT2D eigenvalue weighted by Crippen LogP contribution is -2.36. The van der Waals surface area contributed by atoms with Gasteiger partial charge in [-0.25, -0.2) is 4.79 Å². The smallest absolute Gasteiger partial charge is 0.339 e. The number of nitrogens with zero attached hydrogens (tertiary/aromatic N) is 2. The number of esters is 1. The molecule has 0 spiro atoms. The minimum absolute atomic E-state index is 0.0318. The number of carbonyl (C=O) groups excluding carboxylic acids is 2. The van der Waals surface area contributed by atoms with Crippen LogP contribution in [0.3, 0.4) is 0 Å². The van der Waals surface area contributed by atoms with Crippen molar-refractivity contribution in [1.82, 2.24) is 5.32 Å². The number of hydrogen-bond acceptors (Lipinski definition) is 6. The number of nitro groups is 1. The number of rotatable bonds is 8. The second-order valence-corrected chi connectivity index (χ2v) is 7.05. The third-order valence-electron chi connectivity index (χ3n) is 4.67. The van der Waals surface area contributed by atoms with Gasteiger partial charge < -0.3 is 15.0 Å². The lowest BCUT2D eigenvalue weighted by Gasteiger charge is -2.16. The maximum absolute atomic E-state index is 12.3. The molecule has 8 nitrogen and oxygen atoms in total. The predicted molar refractivity (Wildman–Crippen MR) is 106 cm³/mol. The third kappa shape index (κ3) is 5.80. The first-order chi connectivity index (χ1) is 13.3. The molecule has 0 saturated heterocycles. The van der Waals surface area contributed by atoms with Crippen LogP contribution in [0.5, 0.6) is 0 Å². The Hall–Kier alpha value is -2.90. The zero-order valence-electron chi connectivity index (χ0n) is 16.6. The van der Waals surface area contributed by atoms with Gasteiger partial charge in [-0.2, -0.15) is 0 Å². The summed E-state index contributed by atoms with van der Waals surface area (Å²) in [5, 5.41) is 14.0. The molecule has 1 atom stereocenters. The molecule has 1 aliphatic carbocycles. The molecule has 0 aliphatic heterocycles. The Morgan fingerprint density at radius 3 is 2.68 bits per heavy atom. The zero-order valence-corrected chi connectivity index (χ0v) is 16.6. The highest BCUT2D eigenvalue weighted by Gasteiger charge is 2.23. The summed E-state index contributed by atoms with van der Waals surface area (Å²) in [5.74, 6) is -1.16. The number of nitrogens with one attached hydrogen (secondary N) is 1. The van der Waals surface area contributed by atoms with Gasteiger partial charge >= 0.3 is 5.97 Å². The van der Waals surface area contributed by atoms with E-state index < -0.39 is 17.0 Å². The predicted octanol–water partition coefficient (Wildman–Crippen LogP) is 3.21. The minimum Gasteiger partial charge on any atom is -0.449 e. The lowest BCUT2D eigenvalue weighted by atomic mass is 9.97. The van der Waals surface area contributed by atoms with Crippen LogP contribution in [0.15, 0.2) is 29.8 Å². The Morgan fingerprint density at radius 1 is 1.32 bits per heavy atom. The summed E-state index contributed by atoms with van der Waals surface area (Å²) in [6.07, 6.45) is 6.61. The Morgan fingerprint density at radius 2 is 2.07 bits per heavy atom. The van der Waals surface area contributed by atoms with Crippen LogP contribution in [0.4, 0.5) is 11.4 Å². The van der Waals surface area contributed by atoms with Crippen LogP contribution in [0.1, 0.15) is 49.4 Å². The topological polar surface area (TPSA) is 102 Å².